The summed E-state index contributed by atoms with van der Waals surface area (Å²) in [5.74, 6) is -0.167. The van der Waals surface area contributed by atoms with Gasteiger partial charge in [-0.25, -0.2) is 4.98 Å². The van der Waals surface area contributed by atoms with Crippen LogP contribution >= 0.6 is 0 Å². The van der Waals surface area contributed by atoms with Crippen molar-refractivity contribution >= 4 is 11.6 Å². The highest BCUT2D eigenvalue weighted by atomic mass is 16.1. The summed E-state index contributed by atoms with van der Waals surface area (Å²) in [5.41, 5.74) is 2.31. The molecular weight excluding hydrogens is 242 g/mol. The van der Waals surface area contributed by atoms with Gasteiger partial charge in [0.05, 0.1) is 6.33 Å². The number of amides is 1. The van der Waals surface area contributed by atoms with Gasteiger partial charge in [-0.2, -0.15) is 0 Å². The van der Waals surface area contributed by atoms with E-state index in [1.54, 1.807) is 24.8 Å². The van der Waals surface area contributed by atoms with Gasteiger partial charge in [0.15, 0.2) is 0 Å². The number of rotatable bonds is 6. The molecule has 0 radical (unpaired) electrons. The Hall–Kier alpha value is -2.37. The highest BCUT2D eigenvalue weighted by molar-refractivity contribution is 5.93. The van der Waals surface area contributed by atoms with Crippen LogP contribution in [0, 0.1) is 0 Å². The number of nitrogens with one attached hydrogen (secondary N) is 3. The number of carbonyl (C=O) groups excluding carboxylic acids is 1. The highest BCUT2D eigenvalue weighted by Crippen LogP contribution is 2.07. The van der Waals surface area contributed by atoms with E-state index in [1.165, 1.54) is 0 Å². The normalized spacial score (nSPS) is 10.2. The predicted molar refractivity (Wildman–Crippen MR) is 73.0 cm³/mol. The summed E-state index contributed by atoms with van der Waals surface area (Å²) in [7, 11) is 0. The van der Waals surface area contributed by atoms with Crippen LogP contribution in [0.5, 0.6) is 0 Å². The number of aromatic amines is 1. The van der Waals surface area contributed by atoms with Crippen LogP contribution in [0.4, 0.5) is 5.69 Å². The molecule has 3 N–H and O–H groups in total. The van der Waals surface area contributed by atoms with E-state index in [0.29, 0.717) is 12.2 Å². The first kappa shape index (κ1) is 13.1. The van der Waals surface area contributed by atoms with Crippen molar-refractivity contribution in [2.24, 2.45) is 0 Å². The Morgan fingerprint density at radius 2 is 2.37 bits per heavy atom. The summed E-state index contributed by atoms with van der Waals surface area (Å²) in [5, 5.41) is 5.98. The summed E-state index contributed by atoms with van der Waals surface area (Å²) in [4.78, 5) is 22.9. The van der Waals surface area contributed by atoms with E-state index < -0.39 is 0 Å². The summed E-state index contributed by atoms with van der Waals surface area (Å²) in [6.45, 7) is 3.36. The number of carbonyl (C=O) groups is 1. The molecule has 0 aromatic carbocycles. The van der Waals surface area contributed by atoms with Crippen molar-refractivity contribution in [2.45, 2.75) is 13.3 Å². The minimum absolute atomic E-state index is 0.167. The van der Waals surface area contributed by atoms with Gasteiger partial charge in [-0.3, -0.25) is 9.78 Å². The molecular formula is C13H17N5O. The van der Waals surface area contributed by atoms with Gasteiger partial charge >= 0.3 is 0 Å². The van der Waals surface area contributed by atoms with E-state index in [1.807, 2.05) is 13.0 Å². The SMILES string of the molecule is CCNc1ccnc(C(=O)NCCc2cnc[nH]2)c1. The lowest BCUT2D eigenvalue weighted by Crippen LogP contribution is -2.26. The predicted octanol–water partition coefficient (Wildman–Crippen LogP) is 1.21. The Bertz CT molecular complexity index is 524. The number of pyridine rings is 1. The van der Waals surface area contributed by atoms with Gasteiger partial charge in [0.25, 0.3) is 5.91 Å². The number of anilines is 1. The van der Waals surface area contributed by atoms with Gasteiger partial charge in [0.1, 0.15) is 5.69 Å². The Kier molecular flexibility index (Phi) is 4.49. The molecule has 1 amide bonds. The average Bonchev–Trinajstić information content (AvgIpc) is 2.92. The molecule has 0 aliphatic rings. The molecule has 100 valence electrons. The summed E-state index contributed by atoms with van der Waals surface area (Å²) < 4.78 is 0. The van der Waals surface area contributed by atoms with Crippen molar-refractivity contribution in [1.29, 1.82) is 0 Å². The minimum Gasteiger partial charge on any atom is -0.385 e. The van der Waals surface area contributed by atoms with Gasteiger partial charge in [0, 0.05) is 43.3 Å². The standard InChI is InChI=1S/C13H17N5O/c1-2-15-10-3-5-16-12(7-10)13(19)17-6-4-11-8-14-9-18-11/h3,5,7-9H,2,4,6H2,1H3,(H,14,18)(H,15,16)(H,17,19). The second kappa shape index (κ2) is 6.53. The molecule has 0 fully saturated rings. The van der Waals surface area contributed by atoms with Crippen LogP contribution in [0.25, 0.3) is 0 Å². The van der Waals surface area contributed by atoms with Crippen molar-refractivity contribution in [1.82, 2.24) is 20.3 Å². The molecule has 0 aliphatic carbocycles. The average molecular weight is 259 g/mol. The fourth-order valence-corrected chi connectivity index (χ4v) is 1.69. The maximum absolute atomic E-state index is 11.9. The highest BCUT2D eigenvalue weighted by Gasteiger charge is 2.07. The third-order valence-electron chi connectivity index (χ3n) is 2.61. The fourth-order valence-electron chi connectivity index (χ4n) is 1.69. The Morgan fingerprint density at radius 3 is 3.11 bits per heavy atom. The number of hydrogen-bond donors (Lipinski definition) is 3. The Labute approximate surface area is 111 Å². The maximum Gasteiger partial charge on any atom is 0.269 e. The lowest BCUT2D eigenvalue weighted by Gasteiger charge is -2.06. The number of H-pyrrole nitrogens is 1. The van der Waals surface area contributed by atoms with Crippen LogP contribution in [-0.4, -0.2) is 33.9 Å². The molecule has 0 spiro atoms. The molecule has 6 nitrogen and oxygen atoms in total. The second-order valence-electron chi connectivity index (χ2n) is 4.04. The van der Waals surface area contributed by atoms with Crippen LogP contribution < -0.4 is 10.6 Å². The van der Waals surface area contributed by atoms with Gasteiger partial charge in [-0.1, -0.05) is 0 Å². The molecule has 0 saturated carbocycles. The molecule has 2 aromatic heterocycles. The van der Waals surface area contributed by atoms with E-state index in [2.05, 4.69) is 25.6 Å². The minimum atomic E-state index is -0.167. The molecule has 2 heterocycles. The van der Waals surface area contributed by atoms with Gasteiger partial charge < -0.3 is 15.6 Å². The molecule has 0 saturated heterocycles. The van der Waals surface area contributed by atoms with Gasteiger partial charge in [-0.15, -0.1) is 0 Å². The topological polar surface area (TPSA) is 82.7 Å². The van der Waals surface area contributed by atoms with Gasteiger partial charge in [0.2, 0.25) is 0 Å². The van der Waals surface area contributed by atoms with Crippen molar-refractivity contribution in [3.05, 3.63) is 42.2 Å². The lowest BCUT2D eigenvalue weighted by atomic mass is 10.3. The van der Waals surface area contributed by atoms with Crippen LogP contribution in [0.1, 0.15) is 23.1 Å². The first-order valence-corrected chi connectivity index (χ1v) is 6.25. The van der Waals surface area contributed by atoms with Crippen LogP contribution in [0.2, 0.25) is 0 Å². The van der Waals surface area contributed by atoms with E-state index in [4.69, 9.17) is 0 Å². The number of imidazole rings is 1. The zero-order valence-corrected chi connectivity index (χ0v) is 10.8. The van der Waals surface area contributed by atoms with E-state index >= 15 is 0 Å². The van der Waals surface area contributed by atoms with Crippen LogP contribution in [0.15, 0.2) is 30.9 Å². The quantitative estimate of drug-likeness (QED) is 0.728. The van der Waals surface area contributed by atoms with Crippen molar-refractivity contribution < 1.29 is 4.79 Å². The zero-order valence-electron chi connectivity index (χ0n) is 10.8. The number of nitrogens with zero attached hydrogens (tertiary/aromatic N) is 2. The number of aromatic nitrogens is 3. The van der Waals surface area contributed by atoms with Crippen molar-refractivity contribution in [3.63, 3.8) is 0 Å². The second-order valence-corrected chi connectivity index (χ2v) is 4.04. The molecule has 0 aliphatic heterocycles. The zero-order chi connectivity index (χ0) is 13.5. The van der Waals surface area contributed by atoms with Gasteiger partial charge in [-0.05, 0) is 19.1 Å². The fraction of sp³-hybridized carbons (Fsp3) is 0.308. The smallest absolute Gasteiger partial charge is 0.269 e. The molecule has 0 unspecified atom stereocenters. The maximum atomic E-state index is 11.9. The van der Waals surface area contributed by atoms with Crippen LogP contribution in [-0.2, 0) is 6.42 Å². The third kappa shape index (κ3) is 3.80. The molecule has 0 bridgehead atoms. The lowest BCUT2D eigenvalue weighted by molar-refractivity contribution is 0.0949. The third-order valence-corrected chi connectivity index (χ3v) is 2.61. The number of hydrogen-bond acceptors (Lipinski definition) is 4. The first-order chi connectivity index (χ1) is 9.29. The molecule has 2 aromatic rings. The van der Waals surface area contributed by atoms with Crippen molar-refractivity contribution in [2.75, 3.05) is 18.4 Å². The van der Waals surface area contributed by atoms with Crippen LogP contribution in [0.3, 0.4) is 0 Å². The summed E-state index contributed by atoms with van der Waals surface area (Å²) in [6, 6.07) is 3.58. The monoisotopic (exact) mass is 259 g/mol. The Morgan fingerprint density at radius 1 is 1.47 bits per heavy atom. The molecule has 19 heavy (non-hydrogen) atoms. The molecule has 0 atom stereocenters. The Balaban J connectivity index is 1.87. The largest absolute Gasteiger partial charge is 0.385 e. The van der Waals surface area contributed by atoms with Crippen molar-refractivity contribution in [3.8, 4) is 0 Å². The van der Waals surface area contributed by atoms with E-state index in [-0.39, 0.29) is 5.91 Å². The molecule has 6 heteroatoms. The summed E-state index contributed by atoms with van der Waals surface area (Å²) >= 11 is 0. The first-order valence-electron chi connectivity index (χ1n) is 6.25. The molecule has 2 rings (SSSR count). The van der Waals surface area contributed by atoms with E-state index in [0.717, 1.165) is 24.3 Å². The summed E-state index contributed by atoms with van der Waals surface area (Å²) in [6.07, 6.45) is 5.72. The van der Waals surface area contributed by atoms with E-state index in [9.17, 15) is 4.79 Å².